The molecule has 1 aliphatic heterocycles. The van der Waals surface area contributed by atoms with E-state index >= 15 is 0 Å². The second-order valence-electron chi connectivity index (χ2n) is 4.42. The Morgan fingerprint density at radius 2 is 1.64 bits per heavy atom. The normalized spacial score (nSPS) is 34.1. The summed E-state index contributed by atoms with van der Waals surface area (Å²) in [6.07, 6.45) is 6.75. The Kier molecular flexibility index (Phi) is 3.27. The number of carbonyl (C=O) groups excluding carboxylic acids is 1. The largest absolute Gasteiger partial charge is 0.508 e. The minimum atomic E-state index is -0.484. The molecule has 80 valence electrons. The third-order valence-electron chi connectivity index (χ3n) is 3.37. The van der Waals surface area contributed by atoms with Crippen molar-refractivity contribution in [2.75, 3.05) is 13.2 Å². The van der Waals surface area contributed by atoms with E-state index in [0.717, 1.165) is 24.7 Å². The van der Waals surface area contributed by atoms with E-state index in [1.54, 1.807) is 0 Å². The molecular weight excluding hydrogens is 180 g/mol. The van der Waals surface area contributed by atoms with E-state index in [4.69, 9.17) is 9.47 Å². The van der Waals surface area contributed by atoms with Gasteiger partial charge in [0.2, 0.25) is 0 Å². The molecule has 2 aliphatic rings. The fraction of sp³-hybridized carbons (Fsp3) is 0.909. The summed E-state index contributed by atoms with van der Waals surface area (Å²) in [4.78, 5) is 11.0. The van der Waals surface area contributed by atoms with Crippen LogP contribution in [-0.4, -0.2) is 19.4 Å². The van der Waals surface area contributed by atoms with Crippen molar-refractivity contribution >= 4 is 6.16 Å². The zero-order valence-corrected chi connectivity index (χ0v) is 8.54. The molecule has 3 heteroatoms. The van der Waals surface area contributed by atoms with E-state index < -0.39 is 6.16 Å². The van der Waals surface area contributed by atoms with E-state index in [1.807, 2.05) is 0 Å². The summed E-state index contributed by atoms with van der Waals surface area (Å²) >= 11 is 0. The first-order chi connectivity index (χ1) is 6.84. The second-order valence-corrected chi connectivity index (χ2v) is 4.42. The topological polar surface area (TPSA) is 35.5 Å². The van der Waals surface area contributed by atoms with Crippen molar-refractivity contribution in [3.8, 4) is 0 Å². The molecule has 0 amide bonds. The maximum Gasteiger partial charge on any atom is 0.508 e. The van der Waals surface area contributed by atoms with Gasteiger partial charge in [-0.15, -0.1) is 0 Å². The predicted molar refractivity (Wildman–Crippen MR) is 52.0 cm³/mol. The summed E-state index contributed by atoms with van der Waals surface area (Å²) in [6.45, 7) is 1.07. The van der Waals surface area contributed by atoms with Crippen molar-refractivity contribution in [3.63, 3.8) is 0 Å². The molecule has 2 atom stereocenters. The van der Waals surface area contributed by atoms with Crippen LogP contribution < -0.4 is 0 Å². The van der Waals surface area contributed by atoms with E-state index in [2.05, 4.69) is 0 Å². The quantitative estimate of drug-likeness (QED) is 0.561. The van der Waals surface area contributed by atoms with Crippen molar-refractivity contribution in [3.05, 3.63) is 0 Å². The highest BCUT2D eigenvalue weighted by Gasteiger charge is 2.25. The van der Waals surface area contributed by atoms with Gasteiger partial charge in [0, 0.05) is 0 Å². The van der Waals surface area contributed by atoms with Gasteiger partial charge >= 0.3 is 6.16 Å². The minimum absolute atomic E-state index is 0.484. The van der Waals surface area contributed by atoms with Gasteiger partial charge in [-0.1, -0.05) is 12.8 Å². The summed E-state index contributed by atoms with van der Waals surface area (Å²) in [5, 5.41) is 0. The lowest BCUT2D eigenvalue weighted by Crippen LogP contribution is -2.10. The highest BCUT2D eigenvalue weighted by molar-refractivity contribution is 5.59. The average Bonchev–Trinajstić information content (AvgIpc) is 2.58. The van der Waals surface area contributed by atoms with Gasteiger partial charge in [-0.3, -0.25) is 0 Å². The molecule has 0 radical (unpaired) electrons. The molecule has 0 N–H and O–H groups in total. The predicted octanol–water partition coefficient (Wildman–Crippen LogP) is 2.74. The lowest BCUT2D eigenvalue weighted by molar-refractivity contribution is 0.0513. The molecule has 1 heterocycles. The maximum absolute atomic E-state index is 11.0. The number of cyclic esters (lactones) is 2. The Labute approximate surface area is 84.8 Å². The van der Waals surface area contributed by atoms with Crippen molar-refractivity contribution in [1.82, 2.24) is 0 Å². The third-order valence-corrected chi connectivity index (χ3v) is 3.37. The lowest BCUT2D eigenvalue weighted by atomic mass is 9.99. The van der Waals surface area contributed by atoms with Gasteiger partial charge in [-0.05, 0) is 37.5 Å². The molecule has 0 spiro atoms. The van der Waals surface area contributed by atoms with Gasteiger partial charge in [0.15, 0.2) is 0 Å². The van der Waals surface area contributed by atoms with Crippen LogP contribution in [0.15, 0.2) is 0 Å². The molecule has 0 aromatic rings. The summed E-state index contributed by atoms with van der Waals surface area (Å²) in [5.41, 5.74) is 0. The molecule has 2 bridgehead atoms. The number of hydrogen-bond acceptors (Lipinski definition) is 3. The smallest absolute Gasteiger partial charge is 0.434 e. The van der Waals surface area contributed by atoms with Crippen LogP contribution in [0.25, 0.3) is 0 Å². The van der Waals surface area contributed by atoms with Crippen LogP contribution in [0.5, 0.6) is 0 Å². The monoisotopic (exact) mass is 198 g/mol. The molecule has 14 heavy (non-hydrogen) atoms. The van der Waals surface area contributed by atoms with Gasteiger partial charge in [0.1, 0.15) is 0 Å². The highest BCUT2D eigenvalue weighted by atomic mass is 16.7. The van der Waals surface area contributed by atoms with Gasteiger partial charge in [0.25, 0.3) is 0 Å². The fourth-order valence-corrected chi connectivity index (χ4v) is 2.58. The van der Waals surface area contributed by atoms with Crippen molar-refractivity contribution in [2.45, 2.75) is 38.5 Å². The average molecular weight is 198 g/mol. The summed E-state index contributed by atoms with van der Waals surface area (Å²) in [6, 6.07) is 0. The van der Waals surface area contributed by atoms with Gasteiger partial charge in [0.05, 0.1) is 13.2 Å². The number of rotatable bonds is 0. The molecule has 2 rings (SSSR count). The molecule has 2 fully saturated rings. The standard InChI is InChI=1S/C11H18O3/c12-11-13-6-1-2-9-3-4-10(8-9)5-7-14-11/h9-10H,1-8H2. The maximum atomic E-state index is 11.0. The van der Waals surface area contributed by atoms with E-state index in [0.29, 0.717) is 13.2 Å². The minimum Gasteiger partial charge on any atom is -0.434 e. The Balaban J connectivity index is 1.85. The first-order valence-electron chi connectivity index (χ1n) is 5.64. The Morgan fingerprint density at radius 1 is 0.929 bits per heavy atom. The molecular formula is C11H18O3. The van der Waals surface area contributed by atoms with Gasteiger partial charge in [-0.2, -0.15) is 0 Å². The van der Waals surface area contributed by atoms with E-state index in [9.17, 15) is 4.79 Å². The Morgan fingerprint density at radius 3 is 2.50 bits per heavy atom. The van der Waals surface area contributed by atoms with Gasteiger partial charge in [-0.25, -0.2) is 4.79 Å². The zero-order chi connectivity index (χ0) is 9.80. The van der Waals surface area contributed by atoms with Crippen LogP contribution in [0, 0.1) is 11.8 Å². The van der Waals surface area contributed by atoms with Crippen LogP contribution in [-0.2, 0) is 9.47 Å². The van der Waals surface area contributed by atoms with E-state index in [-0.39, 0.29) is 0 Å². The number of carbonyl (C=O) groups is 1. The Hall–Kier alpha value is -0.730. The lowest BCUT2D eigenvalue weighted by Gasteiger charge is -2.08. The summed E-state index contributed by atoms with van der Waals surface area (Å²) in [5.74, 6) is 1.66. The third kappa shape index (κ3) is 2.63. The van der Waals surface area contributed by atoms with Gasteiger partial charge < -0.3 is 9.47 Å². The molecule has 0 aromatic heterocycles. The molecule has 1 saturated heterocycles. The summed E-state index contributed by atoms with van der Waals surface area (Å²) in [7, 11) is 0. The first kappa shape index (κ1) is 9.81. The first-order valence-corrected chi connectivity index (χ1v) is 5.64. The number of hydrogen-bond donors (Lipinski definition) is 0. The number of ether oxygens (including phenoxy) is 2. The van der Waals surface area contributed by atoms with Crippen LogP contribution in [0.1, 0.15) is 38.5 Å². The molecule has 3 nitrogen and oxygen atoms in total. The van der Waals surface area contributed by atoms with Crippen molar-refractivity contribution < 1.29 is 14.3 Å². The van der Waals surface area contributed by atoms with Crippen LogP contribution in [0.2, 0.25) is 0 Å². The van der Waals surface area contributed by atoms with Crippen molar-refractivity contribution in [1.29, 1.82) is 0 Å². The fourth-order valence-electron chi connectivity index (χ4n) is 2.58. The number of fused-ring (bicyclic) bond motifs is 2. The molecule has 2 unspecified atom stereocenters. The highest BCUT2D eigenvalue weighted by Crippen LogP contribution is 2.35. The summed E-state index contributed by atoms with van der Waals surface area (Å²) < 4.78 is 9.88. The van der Waals surface area contributed by atoms with Crippen LogP contribution >= 0.6 is 0 Å². The van der Waals surface area contributed by atoms with E-state index in [1.165, 1.54) is 25.7 Å². The Bertz CT molecular complexity index is 203. The molecule has 0 aromatic carbocycles. The van der Waals surface area contributed by atoms with Crippen LogP contribution in [0.4, 0.5) is 4.79 Å². The SMILES string of the molecule is O=C1OCCCC2CCC(CCO1)C2. The van der Waals surface area contributed by atoms with Crippen molar-refractivity contribution in [2.24, 2.45) is 11.8 Å². The molecule has 1 aliphatic carbocycles. The van der Waals surface area contributed by atoms with Crippen LogP contribution in [0.3, 0.4) is 0 Å². The molecule has 1 saturated carbocycles. The second kappa shape index (κ2) is 4.67. The zero-order valence-electron chi connectivity index (χ0n) is 8.54.